The van der Waals surface area contributed by atoms with Crippen LogP contribution < -0.4 is 10.6 Å². The van der Waals surface area contributed by atoms with Crippen LogP contribution in [0.2, 0.25) is 0 Å². The molecule has 2 aromatic rings. The van der Waals surface area contributed by atoms with Gasteiger partial charge in [-0.15, -0.1) is 0 Å². The van der Waals surface area contributed by atoms with E-state index in [4.69, 9.17) is 4.74 Å². The van der Waals surface area contributed by atoms with Crippen molar-refractivity contribution in [2.24, 2.45) is 0 Å². The molecule has 0 saturated heterocycles. The summed E-state index contributed by atoms with van der Waals surface area (Å²) in [6.45, 7) is 6.03. The molecule has 0 bridgehead atoms. The molecule has 2 unspecified atom stereocenters. The second-order valence-corrected chi connectivity index (χ2v) is 7.18. The molecule has 148 valence electrons. The zero-order chi connectivity index (χ0) is 20.1. The number of aromatic nitrogens is 2. The maximum absolute atomic E-state index is 12.0. The third-order valence-electron chi connectivity index (χ3n) is 5.04. The lowest BCUT2D eigenvalue weighted by molar-refractivity contribution is -0.124. The monoisotopic (exact) mass is 380 g/mol. The molecule has 0 saturated carbocycles. The molecule has 2 aromatic heterocycles. The van der Waals surface area contributed by atoms with Gasteiger partial charge in [-0.3, -0.25) is 9.78 Å². The fourth-order valence-electron chi connectivity index (χ4n) is 3.20. The first-order valence-electron chi connectivity index (χ1n) is 9.76. The molecule has 1 aliphatic heterocycles. The smallest absolute Gasteiger partial charge is 0.254 e. The van der Waals surface area contributed by atoms with Crippen molar-refractivity contribution in [3.63, 3.8) is 0 Å². The van der Waals surface area contributed by atoms with Crippen LogP contribution in [0.4, 0.5) is 5.82 Å². The van der Waals surface area contributed by atoms with E-state index < -0.39 is 6.10 Å². The summed E-state index contributed by atoms with van der Waals surface area (Å²) in [5.41, 5.74) is 3.24. The Bertz CT molecular complexity index is 920. The van der Waals surface area contributed by atoms with Crippen LogP contribution >= 0.6 is 0 Å². The number of hydrogen-bond acceptors (Lipinski definition) is 5. The highest BCUT2D eigenvalue weighted by atomic mass is 16.5. The molecule has 1 aliphatic rings. The summed E-state index contributed by atoms with van der Waals surface area (Å²) in [5, 5.41) is 8.13. The molecule has 0 spiro atoms. The molecule has 28 heavy (non-hydrogen) atoms. The van der Waals surface area contributed by atoms with Crippen molar-refractivity contribution in [2.75, 3.05) is 12.4 Å². The molecule has 0 fully saturated rings. The lowest BCUT2D eigenvalue weighted by Gasteiger charge is -2.22. The van der Waals surface area contributed by atoms with Crippen molar-refractivity contribution < 1.29 is 9.53 Å². The number of pyridine rings is 2. The van der Waals surface area contributed by atoms with Crippen LogP contribution in [0.15, 0.2) is 42.4 Å². The zero-order valence-corrected chi connectivity index (χ0v) is 17.0. The number of nitrogens with one attached hydrogen (secondary N) is 2. The number of anilines is 1. The number of methoxy groups -OCH3 is 1. The summed E-state index contributed by atoms with van der Waals surface area (Å²) < 4.78 is 5.02. The van der Waals surface area contributed by atoms with E-state index in [0.717, 1.165) is 28.5 Å². The van der Waals surface area contributed by atoms with E-state index in [-0.39, 0.29) is 5.91 Å². The molecule has 3 heterocycles. The Hall–Kier alpha value is -2.73. The number of amides is 1. The van der Waals surface area contributed by atoms with Gasteiger partial charge in [0.1, 0.15) is 11.9 Å². The number of nitrogens with zero attached hydrogens (tertiary/aromatic N) is 2. The van der Waals surface area contributed by atoms with Crippen molar-refractivity contribution in [3.8, 4) is 0 Å². The van der Waals surface area contributed by atoms with Gasteiger partial charge in [0.05, 0.1) is 5.69 Å². The van der Waals surface area contributed by atoms with Crippen molar-refractivity contribution in [1.82, 2.24) is 15.3 Å². The Kier molecular flexibility index (Phi) is 6.41. The van der Waals surface area contributed by atoms with Crippen molar-refractivity contribution in [1.29, 1.82) is 0 Å². The molecular formula is C22H28N4O2. The molecule has 6 heteroatoms. The van der Waals surface area contributed by atoms with Crippen molar-refractivity contribution >= 4 is 28.1 Å². The molecule has 2 N–H and O–H groups in total. The van der Waals surface area contributed by atoms with Gasteiger partial charge in [-0.2, -0.15) is 0 Å². The fourth-order valence-corrected chi connectivity index (χ4v) is 3.20. The topological polar surface area (TPSA) is 76.1 Å². The van der Waals surface area contributed by atoms with E-state index in [0.29, 0.717) is 11.9 Å². The van der Waals surface area contributed by atoms with E-state index in [2.05, 4.69) is 46.7 Å². The summed E-state index contributed by atoms with van der Waals surface area (Å²) in [6, 6.07) is 4.25. The largest absolute Gasteiger partial charge is 0.384 e. The normalized spacial score (nSPS) is 17.5. The highest BCUT2D eigenvalue weighted by molar-refractivity contribution is 5.95. The van der Waals surface area contributed by atoms with Gasteiger partial charge in [0, 0.05) is 48.1 Å². The minimum Gasteiger partial charge on any atom is -0.384 e. The number of ether oxygens (including phenoxy) is 1. The summed E-state index contributed by atoms with van der Waals surface area (Å²) in [7, 11) is 1.50. The second-order valence-electron chi connectivity index (χ2n) is 7.18. The average molecular weight is 380 g/mol. The maximum atomic E-state index is 12.0. The van der Waals surface area contributed by atoms with Crippen molar-refractivity contribution in [2.45, 2.75) is 52.2 Å². The number of carbonyl (C=O) groups excluding carboxylic acids is 1. The van der Waals surface area contributed by atoms with E-state index in [1.807, 2.05) is 18.3 Å². The highest BCUT2D eigenvalue weighted by Gasteiger charge is 2.16. The molecule has 1 amide bonds. The first-order valence-corrected chi connectivity index (χ1v) is 9.76. The molecule has 0 aliphatic carbocycles. The van der Waals surface area contributed by atoms with E-state index in [9.17, 15) is 4.79 Å². The minimum absolute atomic E-state index is 0.226. The Morgan fingerprint density at radius 2 is 2.04 bits per heavy atom. The molecule has 0 aromatic carbocycles. The number of carbonyl (C=O) groups is 1. The van der Waals surface area contributed by atoms with Crippen LogP contribution in [0.25, 0.3) is 16.3 Å². The maximum Gasteiger partial charge on any atom is 0.254 e. The van der Waals surface area contributed by atoms with Gasteiger partial charge in [-0.1, -0.05) is 25.8 Å². The summed E-state index contributed by atoms with van der Waals surface area (Å²) in [5.74, 6) is 0.264. The Balaban J connectivity index is 1.78. The standard InChI is InChI=1S/C22H28N4O2/c1-5-6-7-18-8-14(2)19(13-23-18)20-9-16-12-25-21(10-17(16)11-24-20)26-22(27)15(3)28-4/h8-13,15,18,23H,5-7H2,1-4H3,(H,25,26,27). The van der Waals surface area contributed by atoms with Gasteiger partial charge in [0.2, 0.25) is 0 Å². The van der Waals surface area contributed by atoms with Gasteiger partial charge >= 0.3 is 0 Å². The van der Waals surface area contributed by atoms with E-state index >= 15 is 0 Å². The molecule has 6 nitrogen and oxygen atoms in total. The van der Waals surface area contributed by atoms with Gasteiger partial charge in [0.15, 0.2) is 0 Å². The number of hydrogen-bond donors (Lipinski definition) is 2. The fraction of sp³-hybridized carbons (Fsp3) is 0.409. The van der Waals surface area contributed by atoms with Crippen LogP contribution in [0, 0.1) is 0 Å². The number of rotatable bonds is 7. The first-order chi connectivity index (χ1) is 13.5. The second kappa shape index (κ2) is 8.97. The molecule has 3 rings (SSSR count). The summed E-state index contributed by atoms with van der Waals surface area (Å²) >= 11 is 0. The summed E-state index contributed by atoms with van der Waals surface area (Å²) in [4.78, 5) is 20.9. The molecular weight excluding hydrogens is 352 g/mol. The number of unbranched alkanes of at least 4 members (excludes halogenated alkanes) is 1. The molecule has 0 radical (unpaired) electrons. The first kappa shape index (κ1) is 20.0. The van der Waals surface area contributed by atoms with Crippen LogP contribution in [0.1, 0.15) is 45.7 Å². The third kappa shape index (κ3) is 4.57. The Labute approximate surface area is 166 Å². The van der Waals surface area contributed by atoms with Crippen LogP contribution in [0.5, 0.6) is 0 Å². The highest BCUT2D eigenvalue weighted by Crippen LogP contribution is 2.27. The number of fused-ring (bicyclic) bond motifs is 1. The van der Waals surface area contributed by atoms with E-state index in [1.165, 1.54) is 25.5 Å². The van der Waals surface area contributed by atoms with Crippen LogP contribution in [-0.2, 0) is 9.53 Å². The Morgan fingerprint density at radius 3 is 2.75 bits per heavy atom. The predicted octanol–water partition coefficient (Wildman–Crippen LogP) is 4.05. The quantitative estimate of drug-likeness (QED) is 0.758. The summed E-state index contributed by atoms with van der Waals surface area (Å²) in [6.07, 6.45) is 11.0. The van der Waals surface area contributed by atoms with Gasteiger partial charge < -0.3 is 15.4 Å². The number of dihydropyridines is 1. The minimum atomic E-state index is -0.528. The Morgan fingerprint density at radius 1 is 1.29 bits per heavy atom. The third-order valence-corrected chi connectivity index (χ3v) is 5.04. The predicted molar refractivity (Wildman–Crippen MR) is 113 cm³/mol. The van der Waals surface area contributed by atoms with Gasteiger partial charge in [-0.25, -0.2) is 4.98 Å². The zero-order valence-electron chi connectivity index (χ0n) is 17.0. The van der Waals surface area contributed by atoms with E-state index in [1.54, 1.807) is 13.1 Å². The molecule has 2 atom stereocenters. The average Bonchev–Trinajstić information content (AvgIpc) is 2.71. The van der Waals surface area contributed by atoms with Crippen LogP contribution in [-0.4, -0.2) is 35.1 Å². The van der Waals surface area contributed by atoms with Gasteiger partial charge in [0.25, 0.3) is 5.91 Å². The van der Waals surface area contributed by atoms with Gasteiger partial charge in [-0.05, 0) is 38.0 Å². The van der Waals surface area contributed by atoms with Crippen LogP contribution in [0.3, 0.4) is 0 Å². The number of allylic oxidation sites excluding steroid dienone is 2. The lowest BCUT2D eigenvalue weighted by Crippen LogP contribution is -2.26. The van der Waals surface area contributed by atoms with Crippen molar-refractivity contribution in [3.05, 3.63) is 48.1 Å². The lowest BCUT2D eigenvalue weighted by atomic mass is 9.96. The SMILES string of the molecule is CCCCC1C=C(C)C(c2cc3cnc(NC(=O)C(C)OC)cc3cn2)=CN1.